The number of rotatable bonds is 7. The summed E-state index contributed by atoms with van der Waals surface area (Å²) in [7, 11) is 0. The van der Waals surface area contributed by atoms with E-state index in [4.69, 9.17) is 4.74 Å². The minimum Gasteiger partial charge on any atom is -0.484 e. The lowest BCUT2D eigenvalue weighted by Crippen LogP contribution is -2.14. The van der Waals surface area contributed by atoms with E-state index in [1.54, 1.807) is 0 Å². The highest BCUT2D eigenvalue weighted by Gasteiger charge is 2.14. The Bertz CT molecular complexity index is 444. The largest absolute Gasteiger partial charge is 0.484 e. The van der Waals surface area contributed by atoms with E-state index in [1.807, 2.05) is 6.07 Å². The summed E-state index contributed by atoms with van der Waals surface area (Å²) in [5.74, 6) is 0. The Labute approximate surface area is 137 Å². The van der Waals surface area contributed by atoms with Crippen molar-refractivity contribution in [3.63, 3.8) is 0 Å². The third kappa shape index (κ3) is 6.99. The van der Waals surface area contributed by atoms with Crippen molar-refractivity contribution in [3.8, 4) is 0 Å². The lowest BCUT2D eigenvalue weighted by molar-refractivity contribution is 0.0999. The van der Waals surface area contributed by atoms with E-state index in [-0.39, 0.29) is 0 Å². The van der Waals surface area contributed by atoms with E-state index in [0.29, 0.717) is 6.10 Å². The number of unbranched alkanes of at least 4 members (excludes halogenated alkanes) is 2. The molecule has 1 saturated carbocycles. The first-order valence-corrected chi connectivity index (χ1v) is 8.88. The van der Waals surface area contributed by atoms with Gasteiger partial charge in [-0.05, 0) is 72.5 Å². The molecule has 0 unspecified atom stereocenters. The molecule has 0 N–H and O–H groups in total. The van der Waals surface area contributed by atoms with Crippen molar-refractivity contribution in [1.29, 1.82) is 0 Å². The fraction of sp³-hybridized carbons (Fsp3) is 0.474. The predicted octanol–water partition coefficient (Wildman–Crippen LogP) is 6.46. The van der Waals surface area contributed by atoms with Crippen LogP contribution in [0.25, 0.3) is 6.08 Å². The minimum atomic E-state index is 0.433. The maximum Gasteiger partial charge on any atom is 0.158 e. The maximum atomic E-state index is 5.93. The summed E-state index contributed by atoms with van der Waals surface area (Å²) in [6, 6.07) is 10.5. The van der Waals surface area contributed by atoms with Crippen LogP contribution in [0.2, 0.25) is 0 Å². The number of hydrogen-bond donors (Lipinski definition) is 0. The van der Waals surface area contributed by atoms with Crippen LogP contribution in [0.15, 0.2) is 47.2 Å². The van der Waals surface area contributed by atoms with Crippen molar-refractivity contribution in [3.05, 3.63) is 52.7 Å². The summed E-state index contributed by atoms with van der Waals surface area (Å²) in [5.41, 5.74) is 1.27. The van der Waals surface area contributed by atoms with Crippen LogP contribution in [0.4, 0.5) is 0 Å². The first-order chi connectivity index (χ1) is 10.3. The molecule has 1 aliphatic rings. The van der Waals surface area contributed by atoms with Crippen LogP contribution < -0.4 is 0 Å². The highest BCUT2D eigenvalue weighted by Crippen LogP contribution is 2.24. The summed E-state index contributed by atoms with van der Waals surface area (Å²) in [5, 5.41) is 0. The predicted molar refractivity (Wildman–Crippen MR) is 94.3 cm³/mol. The van der Waals surface area contributed by atoms with Gasteiger partial charge in [0.1, 0.15) is 0 Å². The van der Waals surface area contributed by atoms with E-state index in [2.05, 4.69) is 58.4 Å². The zero-order chi connectivity index (χ0) is 14.8. The van der Waals surface area contributed by atoms with Gasteiger partial charge >= 0.3 is 0 Å². The topological polar surface area (TPSA) is 9.23 Å². The molecule has 0 atom stereocenters. The Morgan fingerprint density at radius 2 is 1.86 bits per heavy atom. The number of halogens is 1. The van der Waals surface area contributed by atoms with Crippen molar-refractivity contribution >= 4 is 22.0 Å². The molecule has 1 nitrogen and oxygen atoms in total. The molecule has 0 radical (unpaired) electrons. The molecular weight excluding hydrogens is 324 g/mol. The van der Waals surface area contributed by atoms with Gasteiger partial charge in [0.2, 0.25) is 0 Å². The second-order valence-electron chi connectivity index (χ2n) is 5.63. The SMILES string of the molecule is Br/C(=C\CCC/C=C/c1ccccc1)OC1CCCCC1. The average molecular weight is 349 g/mol. The molecule has 114 valence electrons. The van der Waals surface area contributed by atoms with Gasteiger partial charge in [0.15, 0.2) is 4.67 Å². The van der Waals surface area contributed by atoms with Gasteiger partial charge in [0.25, 0.3) is 0 Å². The van der Waals surface area contributed by atoms with Crippen LogP contribution in [0.1, 0.15) is 56.9 Å². The third-order valence-electron chi connectivity index (χ3n) is 3.82. The van der Waals surface area contributed by atoms with E-state index < -0.39 is 0 Å². The molecule has 0 bridgehead atoms. The molecule has 0 amide bonds. The molecule has 21 heavy (non-hydrogen) atoms. The van der Waals surface area contributed by atoms with Gasteiger partial charge < -0.3 is 4.74 Å². The average Bonchev–Trinajstić information content (AvgIpc) is 2.53. The van der Waals surface area contributed by atoms with Crippen molar-refractivity contribution in [2.45, 2.75) is 57.5 Å². The van der Waals surface area contributed by atoms with Crippen LogP contribution in [0.5, 0.6) is 0 Å². The first-order valence-electron chi connectivity index (χ1n) is 8.08. The lowest BCUT2D eigenvalue weighted by Gasteiger charge is -2.22. The molecule has 0 aromatic heterocycles. The quantitative estimate of drug-likeness (QED) is 0.406. The Morgan fingerprint density at radius 1 is 1.10 bits per heavy atom. The van der Waals surface area contributed by atoms with E-state index in [0.717, 1.165) is 23.9 Å². The molecule has 1 fully saturated rings. The standard InChI is InChI=1S/C19H25BrO/c20-19(21-18-14-8-4-9-15-18)16-10-2-1-5-11-17-12-6-3-7-13-17/h3,5-7,11-13,16,18H,1-2,4,8-10,14-15H2/b11-5+,19-16+. The van der Waals surface area contributed by atoms with Crippen LogP contribution in [-0.2, 0) is 4.74 Å². The summed E-state index contributed by atoms with van der Waals surface area (Å²) in [6.45, 7) is 0. The Balaban J connectivity index is 1.59. The lowest BCUT2D eigenvalue weighted by atomic mass is 9.98. The van der Waals surface area contributed by atoms with Crippen LogP contribution in [0, 0.1) is 0 Å². The summed E-state index contributed by atoms with van der Waals surface area (Å²) >= 11 is 3.54. The van der Waals surface area contributed by atoms with Gasteiger partial charge in [-0.3, -0.25) is 0 Å². The van der Waals surface area contributed by atoms with Gasteiger partial charge in [-0.25, -0.2) is 0 Å². The maximum absolute atomic E-state index is 5.93. The van der Waals surface area contributed by atoms with Crippen molar-refractivity contribution < 1.29 is 4.74 Å². The third-order valence-corrected chi connectivity index (χ3v) is 4.33. The molecule has 0 saturated heterocycles. The molecule has 0 aliphatic heterocycles. The molecule has 1 aliphatic carbocycles. The van der Waals surface area contributed by atoms with Gasteiger partial charge in [-0.2, -0.15) is 0 Å². The molecular formula is C19H25BrO. The summed E-state index contributed by atoms with van der Waals surface area (Å²) < 4.78 is 6.86. The van der Waals surface area contributed by atoms with E-state index in [1.165, 1.54) is 37.7 Å². The van der Waals surface area contributed by atoms with Crippen molar-refractivity contribution in [2.24, 2.45) is 0 Å². The number of allylic oxidation sites excluding steroid dienone is 2. The summed E-state index contributed by atoms with van der Waals surface area (Å²) in [4.78, 5) is 0. The zero-order valence-electron chi connectivity index (χ0n) is 12.6. The first kappa shape index (κ1) is 16.4. The normalized spacial score (nSPS) is 17.3. The Hall–Kier alpha value is -1.02. The molecule has 1 aromatic rings. The van der Waals surface area contributed by atoms with Crippen LogP contribution >= 0.6 is 15.9 Å². The van der Waals surface area contributed by atoms with E-state index in [9.17, 15) is 0 Å². The molecule has 0 spiro atoms. The second-order valence-corrected chi connectivity index (χ2v) is 6.41. The molecule has 1 aromatic carbocycles. The fourth-order valence-electron chi connectivity index (χ4n) is 2.63. The van der Waals surface area contributed by atoms with Crippen LogP contribution in [-0.4, -0.2) is 6.10 Å². The zero-order valence-corrected chi connectivity index (χ0v) is 14.2. The fourth-order valence-corrected chi connectivity index (χ4v) is 3.12. The van der Waals surface area contributed by atoms with E-state index >= 15 is 0 Å². The van der Waals surface area contributed by atoms with Gasteiger partial charge in [0, 0.05) is 0 Å². The molecule has 2 rings (SSSR count). The second kappa shape index (κ2) is 9.83. The smallest absolute Gasteiger partial charge is 0.158 e. The van der Waals surface area contributed by atoms with Crippen LogP contribution in [0.3, 0.4) is 0 Å². The minimum absolute atomic E-state index is 0.433. The summed E-state index contributed by atoms with van der Waals surface area (Å²) in [6.07, 6.45) is 16.8. The highest BCUT2D eigenvalue weighted by atomic mass is 79.9. The van der Waals surface area contributed by atoms with Gasteiger partial charge in [0.05, 0.1) is 6.10 Å². The Morgan fingerprint density at radius 3 is 2.62 bits per heavy atom. The monoisotopic (exact) mass is 348 g/mol. The van der Waals surface area contributed by atoms with Crippen molar-refractivity contribution in [2.75, 3.05) is 0 Å². The molecule has 2 heteroatoms. The number of ether oxygens (including phenoxy) is 1. The molecule has 0 heterocycles. The Kier molecular flexibility index (Phi) is 7.66. The number of benzene rings is 1. The highest BCUT2D eigenvalue weighted by molar-refractivity contribution is 9.11. The number of hydrogen-bond acceptors (Lipinski definition) is 1. The van der Waals surface area contributed by atoms with Gasteiger partial charge in [-0.15, -0.1) is 0 Å². The van der Waals surface area contributed by atoms with Gasteiger partial charge in [-0.1, -0.05) is 48.9 Å². The van der Waals surface area contributed by atoms with Crippen molar-refractivity contribution in [1.82, 2.24) is 0 Å².